The van der Waals surface area contributed by atoms with Crippen molar-refractivity contribution in [2.45, 2.75) is 0 Å². The van der Waals surface area contributed by atoms with Crippen molar-refractivity contribution < 1.29 is 8.83 Å². The molecule has 6 nitrogen and oxygen atoms in total. The van der Waals surface area contributed by atoms with Crippen LogP contribution in [0.25, 0.3) is 138 Å². The van der Waals surface area contributed by atoms with Gasteiger partial charge in [-0.2, -0.15) is 0 Å². The van der Waals surface area contributed by atoms with E-state index in [0.717, 1.165) is 82.5 Å². The van der Waals surface area contributed by atoms with E-state index >= 15 is 0 Å². The molecule has 0 fully saturated rings. The van der Waals surface area contributed by atoms with Crippen LogP contribution < -0.4 is 0 Å². The van der Waals surface area contributed by atoms with Crippen molar-refractivity contribution >= 4 is 98.0 Å². The zero-order valence-corrected chi connectivity index (χ0v) is 33.6. The first-order valence-corrected chi connectivity index (χ1v) is 21.2. The zero-order chi connectivity index (χ0) is 41.2. The second-order valence-corrected chi connectivity index (χ2v) is 16.3. The third kappa shape index (κ3) is 4.97. The van der Waals surface area contributed by atoms with Crippen LogP contribution in [0.2, 0.25) is 0 Å². The van der Waals surface area contributed by atoms with Gasteiger partial charge in [-0.15, -0.1) is 0 Å². The highest BCUT2D eigenvalue weighted by atomic mass is 16.3. The SMILES string of the molecule is c1ccc(-c2nc(-c3ccc4oc5ccccc5c4c3)nc(-c3c4ccccc4c(-n4c5cc6ccccc6cc5c5c6ccccc6ccc54)c4c3oc3ccccc34)n2)cc1. The molecule has 63 heavy (non-hydrogen) atoms. The normalized spacial score (nSPS) is 12.1. The third-order valence-corrected chi connectivity index (χ3v) is 12.8. The van der Waals surface area contributed by atoms with E-state index in [1.165, 1.54) is 32.3 Å². The summed E-state index contributed by atoms with van der Waals surface area (Å²) in [6.07, 6.45) is 0. The van der Waals surface area contributed by atoms with Crippen LogP contribution in [-0.2, 0) is 0 Å². The topological polar surface area (TPSA) is 69.9 Å². The quantitative estimate of drug-likeness (QED) is 0.177. The molecule has 10 aromatic carbocycles. The number of nitrogens with zero attached hydrogens (tertiary/aromatic N) is 4. The molecule has 14 rings (SSSR count). The minimum atomic E-state index is 0.530. The molecule has 0 amide bonds. The Balaban J connectivity index is 1.13. The highest BCUT2D eigenvalue weighted by Gasteiger charge is 2.27. The van der Waals surface area contributed by atoms with Gasteiger partial charge in [0.25, 0.3) is 0 Å². The van der Waals surface area contributed by atoms with E-state index in [0.29, 0.717) is 23.1 Å². The highest BCUT2D eigenvalue weighted by molar-refractivity contribution is 6.28. The molecular weight excluding hydrogens is 773 g/mol. The number of hydrogen-bond donors (Lipinski definition) is 0. The lowest BCUT2D eigenvalue weighted by Crippen LogP contribution is -2.02. The van der Waals surface area contributed by atoms with Crippen LogP contribution in [0.4, 0.5) is 0 Å². The Morgan fingerprint density at radius 3 is 1.75 bits per heavy atom. The average Bonchev–Trinajstić information content (AvgIpc) is 4.02. The third-order valence-electron chi connectivity index (χ3n) is 12.8. The van der Waals surface area contributed by atoms with Crippen molar-refractivity contribution in [3.8, 4) is 39.9 Å². The Morgan fingerprint density at radius 1 is 0.333 bits per heavy atom. The summed E-state index contributed by atoms with van der Waals surface area (Å²) >= 11 is 0. The maximum Gasteiger partial charge on any atom is 0.168 e. The van der Waals surface area contributed by atoms with Crippen LogP contribution in [0, 0.1) is 0 Å². The van der Waals surface area contributed by atoms with Crippen LogP contribution in [0.15, 0.2) is 203 Å². The van der Waals surface area contributed by atoms with Crippen molar-refractivity contribution in [2.75, 3.05) is 0 Å². The summed E-state index contributed by atoms with van der Waals surface area (Å²) in [6, 6.07) is 68.0. The molecule has 0 atom stereocenters. The van der Waals surface area contributed by atoms with Gasteiger partial charge in [0.1, 0.15) is 22.3 Å². The van der Waals surface area contributed by atoms with Crippen LogP contribution in [-0.4, -0.2) is 19.5 Å². The van der Waals surface area contributed by atoms with E-state index in [1.54, 1.807) is 0 Å². The smallest absolute Gasteiger partial charge is 0.168 e. The Bertz CT molecular complexity index is 4220. The van der Waals surface area contributed by atoms with E-state index in [4.69, 9.17) is 23.8 Å². The summed E-state index contributed by atoms with van der Waals surface area (Å²) in [4.78, 5) is 15.9. The summed E-state index contributed by atoms with van der Waals surface area (Å²) in [5.41, 5.74) is 9.03. The van der Waals surface area contributed by atoms with Crippen molar-refractivity contribution in [3.05, 3.63) is 194 Å². The fourth-order valence-electron chi connectivity index (χ4n) is 9.99. The molecule has 0 N–H and O–H groups in total. The summed E-state index contributed by atoms with van der Waals surface area (Å²) in [5.74, 6) is 1.66. The molecule has 0 spiro atoms. The van der Waals surface area contributed by atoms with E-state index < -0.39 is 0 Å². The molecule has 292 valence electrons. The largest absolute Gasteiger partial charge is 0.456 e. The van der Waals surface area contributed by atoms with Gasteiger partial charge in [0.15, 0.2) is 17.5 Å². The molecule has 0 bridgehead atoms. The molecular formula is C57H32N4O2. The van der Waals surface area contributed by atoms with Crippen LogP contribution in [0.1, 0.15) is 0 Å². The molecule has 4 aromatic heterocycles. The fraction of sp³-hybridized carbons (Fsp3) is 0. The zero-order valence-electron chi connectivity index (χ0n) is 33.6. The van der Waals surface area contributed by atoms with E-state index in [9.17, 15) is 0 Å². The summed E-state index contributed by atoms with van der Waals surface area (Å²) in [6.45, 7) is 0. The predicted octanol–water partition coefficient (Wildman–Crippen LogP) is 15.2. The van der Waals surface area contributed by atoms with Crippen molar-refractivity contribution in [1.29, 1.82) is 0 Å². The Hall–Kier alpha value is -8.61. The molecule has 0 unspecified atom stereocenters. The number of furan rings is 2. The maximum atomic E-state index is 7.11. The van der Waals surface area contributed by atoms with Crippen LogP contribution >= 0.6 is 0 Å². The number of aromatic nitrogens is 4. The number of benzene rings is 10. The Morgan fingerprint density at radius 2 is 0.937 bits per heavy atom. The van der Waals surface area contributed by atoms with E-state index in [2.05, 4.69) is 132 Å². The van der Waals surface area contributed by atoms with E-state index in [-0.39, 0.29) is 0 Å². The van der Waals surface area contributed by atoms with Crippen LogP contribution in [0.3, 0.4) is 0 Å². The Kier molecular flexibility index (Phi) is 7.02. The molecule has 0 saturated carbocycles. The lowest BCUT2D eigenvalue weighted by atomic mass is 9.96. The van der Waals surface area contributed by atoms with Crippen molar-refractivity contribution in [3.63, 3.8) is 0 Å². The Labute approximate surface area is 358 Å². The molecule has 6 heteroatoms. The standard InChI is InChI=1S/C57H32N4O2/c1-2-15-34(16-3-1)55-58-56(37-27-29-49-43(31-37)39-20-10-12-24-47(39)62-49)60-57(59-55)52-40-21-8-9-22-41(40)53(51-42-23-11-13-25-48(42)63-54(51)52)61-45-28-26-33-14-6-7-19-38(33)50(45)44-30-35-17-4-5-18-36(35)32-46(44)61/h1-32H. The van der Waals surface area contributed by atoms with Crippen molar-refractivity contribution in [1.82, 2.24) is 19.5 Å². The monoisotopic (exact) mass is 804 g/mol. The van der Waals surface area contributed by atoms with Gasteiger partial charge in [0, 0.05) is 43.4 Å². The van der Waals surface area contributed by atoms with Gasteiger partial charge in [0.2, 0.25) is 0 Å². The fourth-order valence-corrected chi connectivity index (χ4v) is 9.99. The van der Waals surface area contributed by atoms with Gasteiger partial charge in [-0.05, 0) is 75.5 Å². The van der Waals surface area contributed by atoms with Gasteiger partial charge in [-0.25, -0.2) is 15.0 Å². The average molecular weight is 805 g/mol. The van der Waals surface area contributed by atoms with Crippen molar-refractivity contribution in [2.24, 2.45) is 0 Å². The second kappa shape index (κ2) is 12.9. The lowest BCUT2D eigenvalue weighted by molar-refractivity contribution is 0.669. The summed E-state index contributed by atoms with van der Waals surface area (Å²) < 4.78 is 15.8. The van der Waals surface area contributed by atoms with Gasteiger partial charge in [-0.3, -0.25) is 0 Å². The van der Waals surface area contributed by atoms with Gasteiger partial charge >= 0.3 is 0 Å². The first kappa shape index (κ1) is 34.1. The predicted molar refractivity (Wildman–Crippen MR) is 258 cm³/mol. The number of hydrogen-bond acceptors (Lipinski definition) is 5. The van der Waals surface area contributed by atoms with Crippen LogP contribution in [0.5, 0.6) is 0 Å². The van der Waals surface area contributed by atoms with Gasteiger partial charge in [-0.1, -0.05) is 146 Å². The minimum Gasteiger partial charge on any atom is -0.456 e. The molecule has 0 saturated heterocycles. The van der Waals surface area contributed by atoms with Gasteiger partial charge < -0.3 is 13.4 Å². The number of rotatable bonds is 4. The molecule has 14 aromatic rings. The number of fused-ring (bicyclic) bond motifs is 13. The summed E-state index contributed by atoms with van der Waals surface area (Å²) in [5, 5.41) is 13.3. The lowest BCUT2D eigenvalue weighted by Gasteiger charge is -2.17. The van der Waals surface area contributed by atoms with E-state index in [1.807, 2.05) is 66.7 Å². The number of para-hydroxylation sites is 2. The molecule has 4 heterocycles. The van der Waals surface area contributed by atoms with Gasteiger partial charge in [0.05, 0.1) is 27.7 Å². The molecule has 0 aliphatic rings. The molecule has 0 radical (unpaired) electrons. The molecule has 0 aliphatic carbocycles. The maximum absolute atomic E-state index is 7.11. The first-order valence-electron chi connectivity index (χ1n) is 21.2. The summed E-state index contributed by atoms with van der Waals surface area (Å²) in [7, 11) is 0. The molecule has 0 aliphatic heterocycles. The second-order valence-electron chi connectivity index (χ2n) is 16.3. The minimum absolute atomic E-state index is 0.530. The first-order chi connectivity index (χ1) is 31.2. The highest BCUT2D eigenvalue weighted by Crippen LogP contribution is 2.48.